The highest BCUT2D eigenvalue weighted by atomic mass is 15.5. The van der Waals surface area contributed by atoms with Crippen LogP contribution in [0.25, 0.3) is 0 Å². The van der Waals surface area contributed by atoms with E-state index in [4.69, 9.17) is 0 Å². The summed E-state index contributed by atoms with van der Waals surface area (Å²) in [5.41, 5.74) is 0. The van der Waals surface area contributed by atoms with Crippen LogP contribution in [-0.4, -0.2) is 49.8 Å². The number of unbranched alkanes of at least 4 members (excludes halogenated alkanes) is 1. The quantitative estimate of drug-likeness (QED) is 0.555. The van der Waals surface area contributed by atoms with Gasteiger partial charge in [0, 0.05) is 6.54 Å². The Kier molecular flexibility index (Phi) is 2.90. The Morgan fingerprint density at radius 3 is 2.55 bits per heavy atom. The molecule has 1 aliphatic rings. The molecule has 1 aliphatic heterocycles. The zero-order valence-electron chi connectivity index (χ0n) is 8.14. The van der Waals surface area contributed by atoms with Gasteiger partial charge in [0.25, 0.3) is 0 Å². The Morgan fingerprint density at radius 2 is 2.09 bits per heavy atom. The molecule has 0 aliphatic carbocycles. The molecule has 0 amide bonds. The molecule has 0 saturated carbocycles. The first-order valence-corrected chi connectivity index (χ1v) is 4.68. The lowest BCUT2D eigenvalue weighted by molar-refractivity contribution is -0.882. The van der Waals surface area contributed by atoms with E-state index in [0.29, 0.717) is 0 Å². The van der Waals surface area contributed by atoms with Gasteiger partial charge in [-0.15, -0.1) is 0 Å². The second-order valence-corrected chi connectivity index (χ2v) is 4.27. The van der Waals surface area contributed by atoms with Crippen molar-refractivity contribution >= 4 is 0 Å². The molecule has 0 spiro atoms. The van der Waals surface area contributed by atoms with E-state index in [1.807, 2.05) is 0 Å². The van der Waals surface area contributed by atoms with Crippen molar-refractivity contribution in [2.45, 2.75) is 19.8 Å². The Bertz CT molecular complexity index is 121. The molecule has 0 aromatic rings. The summed E-state index contributed by atoms with van der Waals surface area (Å²) < 4.78 is 1.18. The highest BCUT2D eigenvalue weighted by molar-refractivity contribution is 4.58. The van der Waals surface area contributed by atoms with Crippen LogP contribution in [0.5, 0.6) is 0 Å². The van der Waals surface area contributed by atoms with E-state index in [0.717, 1.165) is 0 Å². The lowest BCUT2D eigenvalue weighted by atomic mass is 10.3. The van der Waals surface area contributed by atoms with E-state index < -0.39 is 0 Å². The van der Waals surface area contributed by atoms with E-state index >= 15 is 0 Å². The minimum Gasteiger partial charge on any atom is -0.315 e. The second-order valence-electron chi connectivity index (χ2n) is 4.27. The lowest BCUT2D eigenvalue weighted by Crippen LogP contribution is -2.38. The molecule has 0 aromatic heterocycles. The maximum absolute atomic E-state index is 2.57. The molecule has 2 nitrogen and oxygen atoms in total. The fraction of sp³-hybridized carbons (Fsp3) is 1.00. The largest absolute Gasteiger partial charge is 0.315 e. The van der Waals surface area contributed by atoms with Crippen LogP contribution in [0.4, 0.5) is 0 Å². The number of quaternary nitrogens is 1. The molecular weight excluding hydrogens is 136 g/mol. The van der Waals surface area contributed by atoms with Gasteiger partial charge in [-0.2, -0.15) is 0 Å². The van der Waals surface area contributed by atoms with E-state index in [1.165, 1.54) is 43.6 Å². The molecule has 1 heterocycles. The fourth-order valence-corrected chi connectivity index (χ4v) is 1.66. The molecule has 0 bridgehead atoms. The first kappa shape index (κ1) is 9.01. The molecule has 1 saturated heterocycles. The lowest BCUT2D eigenvalue weighted by Gasteiger charge is -2.23. The molecule has 0 aromatic carbocycles. The molecule has 66 valence electrons. The van der Waals surface area contributed by atoms with E-state index in [-0.39, 0.29) is 0 Å². The first-order valence-electron chi connectivity index (χ1n) is 4.68. The average molecular weight is 157 g/mol. The zero-order chi connectivity index (χ0) is 8.32. The molecule has 1 rings (SSSR count). The Labute approximate surface area is 70.4 Å². The minimum absolute atomic E-state index is 1.18. The topological polar surface area (TPSA) is 3.24 Å². The van der Waals surface area contributed by atoms with Gasteiger partial charge in [-0.3, -0.25) is 4.90 Å². The standard InChI is InChI=1S/C9H21N2/c1-4-5-6-10-7-8-11(2,3)9-10/h4-9H2,1-3H3/q+1. The number of hydrogen-bond donors (Lipinski definition) is 0. The Morgan fingerprint density at radius 1 is 1.36 bits per heavy atom. The third-order valence-corrected chi connectivity index (χ3v) is 2.43. The molecule has 0 unspecified atom stereocenters. The summed E-state index contributed by atoms with van der Waals surface area (Å²) in [5.74, 6) is 0. The van der Waals surface area contributed by atoms with Crippen LogP contribution in [0.15, 0.2) is 0 Å². The van der Waals surface area contributed by atoms with Crippen molar-refractivity contribution in [1.29, 1.82) is 0 Å². The van der Waals surface area contributed by atoms with E-state index in [2.05, 4.69) is 25.9 Å². The molecule has 2 heteroatoms. The summed E-state index contributed by atoms with van der Waals surface area (Å²) >= 11 is 0. The average Bonchev–Trinajstić information content (AvgIpc) is 2.26. The number of likely N-dealkylation sites (N-methyl/N-ethyl adjacent to an activating group) is 1. The summed E-state index contributed by atoms with van der Waals surface area (Å²) in [4.78, 5) is 2.57. The second kappa shape index (κ2) is 3.55. The monoisotopic (exact) mass is 157 g/mol. The van der Waals surface area contributed by atoms with Crippen molar-refractivity contribution < 1.29 is 4.48 Å². The van der Waals surface area contributed by atoms with E-state index in [1.54, 1.807) is 0 Å². The number of nitrogens with zero attached hydrogens (tertiary/aromatic N) is 2. The van der Waals surface area contributed by atoms with Crippen LogP contribution in [-0.2, 0) is 0 Å². The summed E-state index contributed by atoms with van der Waals surface area (Å²) in [6.45, 7) is 7.44. The maximum atomic E-state index is 2.57. The van der Waals surface area contributed by atoms with Crippen molar-refractivity contribution in [1.82, 2.24) is 4.90 Å². The smallest absolute Gasteiger partial charge is 0.134 e. The van der Waals surface area contributed by atoms with Gasteiger partial charge in [0.15, 0.2) is 0 Å². The highest BCUT2D eigenvalue weighted by Crippen LogP contribution is 2.10. The molecule has 0 radical (unpaired) electrons. The van der Waals surface area contributed by atoms with Gasteiger partial charge in [-0.05, 0) is 6.42 Å². The zero-order valence-corrected chi connectivity index (χ0v) is 8.14. The Balaban J connectivity index is 2.20. The van der Waals surface area contributed by atoms with Gasteiger partial charge in [-0.1, -0.05) is 13.3 Å². The van der Waals surface area contributed by atoms with Gasteiger partial charge >= 0.3 is 0 Å². The van der Waals surface area contributed by atoms with Crippen LogP contribution in [0.1, 0.15) is 19.8 Å². The third kappa shape index (κ3) is 2.80. The predicted octanol–water partition coefficient (Wildman–Crippen LogP) is 1.14. The third-order valence-electron chi connectivity index (χ3n) is 2.43. The van der Waals surface area contributed by atoms with E-state index in [9.17, 15) is 0 Å². The van der Waals surface area contributed by atoms with Crippen LogP contribution < -0.4 is 0 Å². The van der Waals surface area contributed by atoms with Crippen LogP contribution in [0.3, 0.4) is 0 Å². The number of rotatable bonds is 3. The fourth-order valence-electron chi connectivity index (χ4n) is 1.66. The summed E-state index contributed by atoms with van der Waals surface area (Å²) in [6.07, 6.45) is 2.68. The molecule has 1 fully saturated rings. The predicted molar refractivity (Wildman–Crippen MR) is 48.3 cm³/mol. The molecular formula is C9H21N2+. The van der Waals surface area contributed by atoms with Gasteiger partial charge in [0.05, 0.1) is 27.2 Å². The summed E-state index contributed by atoms with van der Waals surface area (Å²) in [7, 11) is 4.62. The molecule has 11 heavy (non-hydrogen) atoms. The maximum Gasteiger partial charge on any atom is 0.134 e. The summed E-state index contributed by atoms with van der Waals surface area (Å²) in [5, 5.41) is 0. The van der Waals surface area contributed by atoms with Gasteiger partial charge < -0.3 is 4.48 Å². The van der Waals surface area contributed by atoms with Crippen molar-refractivity contribution in [3.63, 3.8) is 0 Å². The van der Waals surface area contributed by atoms with Crippen molar-refractivity contribution in [3.05, 3.63) is 0 Å². The summed E-state index contributed by atoms with van der Waals surface area (Å²) in [6, 6.07) is 0. The number of hydrogen-bond acceptors (Lipinski definition) is 1. The molecule has 0 N–H and O–H groups in total. The van der Waals surface area contributed by atoms with Crippen LogP contribution >= 0.6 is 0 Å². The van der Waals surface area contributed by atoms with Gasteiger partial charge in [0.2, 0.25) is 0 Å². The van der Waals surface area contributed by atoms with Gasteiger partial charge in [-0.25, -0.2) is 0 Å². The van der Waals surface area contributed by atoms with Gasteiger partial charge in [0.1, 0.15) is 6.67 Å². The van der Waals surface area contributed by atoms with Crippen LogP contribution in [0.2, 0.25) is 0 Å². The van der Waals surface area contributed by atoms with Crippen molar-refractivity contribution in [2.24, 2.45) is 0 Å². The van der Waals surface area contributed by atoms with Crippen molar-refractivity contribution in [3.8, 4) is 0 Å². The van der Waals surface area contributed by atoms with Crippen molar-refractivity contribution in [2.75, 3.05) is 40.4 Å². The SMILES string of the molecule is CCCCN1CC[N+](C)(C)C1. The normalized spacial score (nSPS) is 24.3. The highest BCUT2D eigenvalue weighted by Gasteiger charge is 2.27. The first-order chi connectivity index (χ1) is 5.14. The van der Waals surface area contributed by atoms with Crippen LogP contribution in [0, 0.1) is 0 Å². The minimum atomic E-state index is 1.18. The Hall–Kier alpha value is -0.0800. The molecule has 0 atom stereocenters.